The number of rotatable bonds is 11. The molecular formula is C15H35N3. The number of nitrogens with one attached hydrogen (secondary N) is 1. The smallest absolute Gasteiger partial charge is 0.0107 e. The molecule has 0 unspecified atom stereocenters. The Morgan fingerprint density at radius 2 is 1.39 bits per heavy atom. The van der Waals surface area contributed by atoms with Crippen LogP contribution in [0.4, 0.5) is 0 Å². The molecule has 3 nitrogen and oxygen atoms in total. The van der Waals surface area contributed by atoms with Crippen LogP contribution in [0, 0.1) is 11.8 Å². The van der Waals surface area contributed by atoms with Gasteiger partial charge in [0.1, 0.15) is 0 Å². The Morgan fingerprint density at radius 3 is 1.83 bits per heavy atom. The zero-order valence-corrected chi connectivity index (χ0v) is 13.5. The van der Waals surface area contributed by atoms with E-state index in [1.807, 2.05) is 0 Å². The average molecular weight is 257 g/mol. The van der Waals surface area contributed by atoms with Gasteiger partial charge in [-0.05, 0) is 45.4 Å². The second kappa shape index (κ2) is 10.8. The van der Waals surface area contributed by atoms with Gasteiger partial charge in [0.05, 0.1) is 0 Å². The first kappa shape index (κ1) is 17.9. The normalized spacial score (nSPS) is 12.3. The van der Waals surface area contributed by atoms with E-state index in [4.69, 9.17) is 0 Å². The standard InChI is InChI=1S/C15H35N3/c1-14(2)12-18(13-15(3)4)11-9-16-8-7-10-17(5)6/h14-16H,7-13H2,1-6H3. The van der Waals surface area contributed by atoms with Crippen molar-refractivity contribution >= 4 is 0 Å². The zero-order chi connectivity index (χ0) is 14.0. The lowest BCUT2D eigenvalue weighted by Gasteiger charge is -2.26. The number of hydrogen-bond acceptors (Lipinski definition) is 3. The minimum absolute atomic E-state index is 0.762. The molecule has 0 aromatic rings. The Kier molecular flexibility index (Phi) is 10.7. The number of nitrogens with zero attached hydrogens (tertiary/aromatic N) is 2. The summed E-state index contributed by atoms with van der Waals surface area (Å²) in [5.41, 5.74) is 0. The van der Waals surface area contributed by atoms with Crippen LogP contribution in [0.3, 0.4) is 0 Å². The van der Waals surface area contributed by atoms with Crippen molar-refractivity contribution < 1.29 is 0 Å². The lowest BCUT2D eigenvalue weighted by molar-refractivity contribution is 0.219. The predicted octanol–water partition coefficient (Wildman–Crippen LogP) is 2.14. The highest BCUT2D eigenvalue weighted by Gasteiger charge is 2.08. The highest BCUT2D eigenvalue weighted by molar-refractivity contribution is 4.64. The molecule has 0 saturated heterocycles. The Balaban J connectivity index is 3.62. The molecule has 0 aliphatic carbocycles. The fourth-order valence-corrected chi connectivity index (χ4v) is 2.17. The summed E-state index contributed by atoms with van der Waals surface area (Å²) in [6, 6.07) is 0. The molecule has 110 valence electrons. The van der Waals surface area contributed by atoms with Gasteiger partial charge < -0.3 is 15.1 Å². The molecule has 0 aromatic carbocycles. The van der Waals surface area contributed by atoms with E-state index in [9.17, 15) is 0 Å². The van der Waals surface area contributed by atoms with Gasteiger partial charge in [-0.2, -0.15) is 0 Å². The molecule has 0 atom stereocenters. The largest absolute Gasteiger partial charge is 0.315 e. The summed E-state index contributed by atoms with van der Waals surface area (Å²) in [6.45, 7) is 16.3. The third-order valence-corrected chi connectivity index (χ3v) is 2.81. The first-order valence-electron chi connectivity index (χ1n) is 7.49. The first-order chi connectivity index (χ1) is 8.41. The summed E-state index contributed by atoms with van der Waals surface area (Å²) in [4.78, 5) is 4.83. The second-order valence-electron chi connectivity index (χ2n) is 6.45. The van der Waals surface area contributed by atoms with Gasteiger partial charge in [-0.1, -0.05) is 27.7 Å². The molecule has 3 heteroatoms. The molecule has 0 heterocycles. The van der Waals surface area contributed by atoms with Gasteiger partial charge in [-0.3, -0.25) is 0 Å². The summed E-state index contributed by atoms with van der Waals surface area (Å²) in [5.74, 6) is 1.52. The van der Waals surface area contributed by atoms with Crippen molar-refractivity contribution in [2.45, 2.75) is 34.1 Å². The fraction of sp³-hybridized carbons (Fsp3) is 1.00. The summed E-state index contributed by atoms with van der Waals surface area (Å²) in [6.07, 6.45) is 1.24. The van der Waals surface area contributed by atoms with Crippen LogP contribution >= 0.6 is 0 Å². The van der Waals surface area contributed by atoms with Crippen LogP contribution in [0.15, 0.2) is 0 Å². The highest BCUT2D eigenvalue weighted by atomic mass is 15.1. The second-order valence-corrected chi connectivity index (χ2v) is 6.45. The molecule has 0 aliphatic rings. The van der Waals surface area contributed by atoms with Crippen molar-refractivity contribution in [3.8, 4) is 0 Å². The molecule has 0 bridgehead atoms. The maximum atomic E-state index is 3.55. The molecular weight excluding hydrogens is 222 g/mol. The predicted molar refractivity (Wildman–Crippen MR) is 82.2 cm³/mol. The monoisotopic (exact) mass is 257 g/mol. The quantitative estimate of drug-likeness (QED) is 0.572. The molecule has 0 aliphatic heterocycles. The molecule has 0 radical (unpaired) electrons. The van der Waals surface area contributed by atoms with Crippen molar-refractivity contribution in [1.29, 1.82) is 0 Å². The maximum Gasteiger partial charge on any atom is 0.0107 e. The Morgan fingerprint density at radius 1 is 0.833 bits per heavy atom. The summed E-state index contributed by atoms with van der Waals surface area (Å²) < 4.78 is 0. The van der Waals surface area contributed by atoms with Gasteiger partial charge >= 0.3 is 0 Å². The molecule has 0 saturated carbocycles. The van der Waals surface area contributed by atoms with Crippen LogP contribution in [0.1, 0.15) is 34.1 Å². The highest BCUT2D eigenvalue weighted by Crippen LogP contribution is 2.02. The summed E-state index contributed by atoms with van der Waals surface area (Å²) in [5, 5.41) is 3.55. The van der Waals surface area contributed by atoms with E-state index in [1.165, 1.54) is 32.6 Å². The van der Waals surface area contributed by atoms with Crippen LogP contribution in [0.2, 0.25) is 0 Å². The lowest BCUT2D eigenvalue weighted by Crippen LogP contribution is -2.37. The van der Waals surface area contributed by atoms with Crippen LogP contribution < -0.4 is 5.32 Å². The summed E-state index contributed by atoms with van der Waals surface area (Å²) in [7, 11) is 4.26. The van der Waals surface area contributed by atoms with Crippen LogP contribution in [-0.4, -0.2) is 63.2 Å². The van der Waals surface area contributed by atoms with Crippen molar-refractivity contribution in [2.75, 3.05) is 53.4 Å². The van der Waals surface area contributed by atoms with E-state index >= 15 is 0 Å². The van der Waals surface area contributed by atoms with Crippen LogP contribution in [-0.2, 0) is 0 Å². The minimum atomic E-state index is 0.762. The molecule has 0 amide bonds. The van der Waals surface area contributed by atoms with Gasteiger partial charge in [-0.15, -0.1) is 0 Å². The van der Waals surface area contributed by atoms with Crippen molar-refractivity contribution in [3.05, 3.63) is 0 Å². The van der Waals surface area contributed by atoms with Crippen molar-refractivity contribution in [2.24, 2.45) is 11.8 Å². The molecule has 0 spiro atoms. The molecule has 0 aromatic heterocycles. The lowest BCUT2D eigenvalue weighted by atomic mass is 10.1. The van der Waals surface area contributed by atoms with Gasteiger partial charge in [-0.25, -0.2) is 0 Å². The Hall–Kier alpha value is -0.120. The van der Waals surface area contributed by atoms with E-state index < -0.39 is 0 Å². The Labute approximate surface area is 115 Å². The van der Waals surface area contributed by atoms with E-state index in [2.05, 4.69) is 56.9 Å². The topological polar surface area (TPSA) is 18.5 Å². The van der Waals surface area contributed by atoms with Gasteiger partial charge in [0.15, 0.2) is 0 Å². The zero-order valence-electron chi connectivity index (χ0n) is 13.5. The van der Waals surface area contributed by atoms with Crippen LogP contribution in [0.5, 0.6) is 0 Å². The third-order valence-electron chi connectivity index (χ3n) is 2.81. The van der Waals surface area contributed by atoms with Crippen LogP contribution in [0.25, 0.3) is 0 Å². The molecule has 0 rings (SSSR count). The van der Waals surface area contributed by atoms with Gasteiger partial charge in [0, 0.05) is 26.2 Å². The molecule has 0 fully saturated rings. The van der Waals surface area contributed by atoms with Gasteiger partial charge in [0.2, 0.25) is 0 Å². The van der Waals surface area contributed by atoms with E-state index in [-0.39, 0.29) is 0 Å². The first-order valence-corrected chi connectivity index (χ1v) is 7.49. The summed E-state index contributed by atoms with van der Waals surface area (Å²) >= 11 is 0. The third kappa shape index (κ3) is 12.3. The molecule has 1 N–H and O–H groups in total. The van der Waals surface area contributed by atoms with Crippen molar-refractivity contribution in [3.63, 3.8) is 0 Å². The maximum absolute atomic E-state index is 3.55. The van der Waals surface area contributed by atoms with Gasteiger partial charge in [0.25, 0.3) is 0 Å². The van der Waals surface area contributed by atoms with Crippen molar-refractivity contribution in [1.82, 2.24) is 15.1 Å². The molecule has 18 heavy (non-hydrogen) atoms. The SMILES string of the molecule is CC(C)CN(CCNCCCN(C)C)CC(C)C. The van der Waals surface area contributed by atoms with E-state index in [1.54, 1.807) is 0 Å². The van der Waals surface area contributed by atoms with E-state index in [0.29, 0.717) is 0 Å². The minimum Gasteiger partial charge on any atom is -0.315 e. The Bertz CT molecular complexity index is 169. The number of hydrogen-bond donors (Lipinski definition) is 1. The van der Waals surface area contributed by atoms with E-state index in [0.717, 1.165) is 24.9 Å². The average Bonchev–Trinajstić information content (AvgIpc) is 2.20. The fourth-order valence-electron chi connectivity index (χ4n) is 2.17.